The number of guanidine groups is 1. The number of hydrogen-bond donors (Lipinski definition) is 3. The van der Waals surface area contributed by atoms with E-state index in [0.717, 1.165) is 19.3 Å². The number of nitro groups is 1. The first-order valence-electron chi connectivity index (χ1n) is 8.68. The van der Waals surface area contributed by atoms with Crippen molar-refractivity contribution in [3.63, 3.8) is 0 Å². The number of ether oxygens (including phenoxy) is 1. The summed E-state index contributed by atoms with van der Waals surface area (Å²) in [4.78, 5) is 38.8. The molecule has 11 nitrogen and oxygen atoms in total. The predicted octanol–water partition coefficient (Wildman–Crippen LogP) is -0.196. The summed E-state index contributed by atoms with van der Waals surface area (Å²) < 4.78 is 4.95. The van der Waals surface area contributed by atoms with Gasteiger partial charge < -0.3 is 21.1 Å². The monoisotopic (exact) mass is 408 g/mol. The number of aliphatic imine (C=N–C) groups is 1. The molecule has 1 rings (SSSR count). The Labute approximate surface area is 164 Å². The molecule has 1 atom stereocenters. The van der Waals surface area contributed by atoms with E-state index in [4.69, 9.17) is 16.2 Å². The summed E-state index contributed by atoms with van der Waals surface area (Å²) >= 11 is 0. The van der Waals surface area contributed by atoms with Crippen molar-refractivity contribution in [1.82, 2.24) is 10.3 Å². The van der Waals surface area contributed by atoms with E-state index < -0.39 is 11.1 Å². The van der Waals surface area contributed by atoms with E-state index >= 15 is 0 Å². The molecule has 0 bridgehead atoms. The maximum absolute atomic E-state index is 12.4. The summed E-state index contributed by atoms with van der Waals surface area (Å²) in [5.41, 5.74) is 13.0. The molecular weight excluding hydrogens is 380 g/mol. The minimum atomic E-state index is -0.788. The Hall–Kier alpha value is -2.14. The van der Waals surface area contributed by atoms with Crippen molar-refractivity contribution in [2.24, 2.45) is 22.4 Å². The average Bonchev–Trinajstić information content (AvgIpc) is 2.57. The molecule has 1 aliphatic heterocycles. The number of halogens is 1. The first-order valence-corrected chi connectivity index (χ1v) is 8.68. The van der Waals surface area contributed by atoms with Gasteiger partial charge in [0.15, 0.2) is 5.03 Å². The molecule has 1 heterocycles. The van der Waals surface area contributed by atoms with Crippen molar-refractivity contribution in [3.8, 4) is 0 Å². The zero-order valence-corrected chi connectivity index (χ0v) is 16.3. The van der Waals surface area contributed by atoms with E-state index in [1.807, 2.05) is 0 Å². The summed E-state index contributed by atoms with van der Waals surface area (Å²) in [5, 5.41) is 9.38. The molecule has 1 amide bonds. The Kier molecular flexibility index (Phi) is 12.1. The van der Waals surface area contributed by atoms with Gasteiger partial charge in [0.1, 0.15) is 0 Å². The van der Waals surface area contributed by atoms with Gasteiger partial charge in [0.2, 0.25) is 5.91 Å². The van der Waals surface area contributed by atoms with Crippen molar-refractivity contribution in [2.45, 2.75) is 45.1 Å². The highest BCUT2D eigenvalue weighted by molar-refractivity contribution is 5.85. The van der Waals surface area contributed by atoms with Gasteiger partial charge in [0, 0.05) is 26.6 Å². The minimum Gasteiger partial charge on any atom is -0.466 e. The second kappa shape index (κ2) is 13.1. The average molecular weight is 409 g/mol. The number of nitrogens with zero attached hydrogens (tertiary/aromatic N) is 3. The van der Waals surface area contributed by atoms with Crippen LogP contribution in [-0.2, 0) is 14.3 Å². The number of nitrogens with one attached hydrogen (secondary N) is 1. The molecule has 1 saturated heterocycles. The van der Waals surface area contributed by atoms with Crippen LogP contribution in [0.4, 0.5) is 0 Å². The first-order chi connectivity index (χ1) is 12.3. The Morgan fingerprint density at radius 3 is 2.59 bits per heavy atom. The normalized spacial score (nSPS) is 16.2. The van der Waals surface area contributed by atoms with E-state index in [1.165, 1.54) is 6.92 Å². The van der Waals surface area contributed by atoms with Crippen LogP contribution in [0.3, 0.4) is 0 Å². The van der Waals surface area contributed by atoms with Crippen LogP contribution in [0.25, 0.3) is 0 Å². The van der Waals surface area contributed by atoms with E-state index in [9.17, 15) is 19.7 Å². The number of esters is 1. The maximum atomic E-state index is 12.4. The molecule has 0 aromatic heterocycles. The van der Waals surface area contributed by atoms with Gasteiger partial charge in [-0.1, -0.05) is 5.43 Å². The van der Waals surface area contributed by atoms with E-state index in [1.54, 1.807) is 10.3 Å². The molecule has 1 aliphatic rings. The Balaban J connectivity index is 0.00000676. The molecule has 0 spiro atoms. The number of hydrogen-bond acceptors (Lipinski definition) is 7. The van der Waals surface area contributed by atoms with Crippen LogP contribution in [0, 0.1) is 16.0 Å². The minimum absolute atomic E-state index is 0. The van der Waals surface area contributed by atoms with Crippen LogP contribution < -0.4 is 16.9 Å². The molecule has 1 fully saturated rings. The highest BCUT2D eigenvalue weighted by Gasteiger charge is 2.26. The molecule has 0 radical (unpaired) electrons. The SMILES string of the molecule is CC(=O)OCCC1CCN(C(=O)C(N)CCCN=C(N)N[N+](=O)[O-])CC1.Cl. The quantitative estimate of drug-likeness (QED) is 0.118. The fraction of sp³-hybridized carbons (Fsp3) is 0.800. The van der Waals surface area contributed by atoms with Gasteiger partial charge in [-0.2, -0.15) is 0 Å². The number of carbonyl (C=O) groups is 2. The number of likely N-dealkylation sites (tertiary alicyclic amines) is 1. The van der Waals surface area contributed by atoms with Gasteiger partial charge >= 0.3 is 5.97 Å². The number of piperidine rings is 1. The number of carbonyl (C=O) groups excluding carboxylic acids is 2. The van der Waals surface area contributed by atoms with Crippen LogP contribution in [0.2, 0.25) is 0 Å². The van der Waals surface area contributed by atoms with Crippen LogP contribution in [0.5, 0.6) is 0 Å². The number of amides is 1. The van der Waals surface area contributed by atoms with Gasteiger partial charge in [-0.15, -0.1) is 12.4 Å². The molecular formula is C15H29ClN6O5. The van der Waals surface area contributed by atoms with Crippen molar-refractivity contribution in [2.75, 3.05) is 26.2 Å². The van der Waals surface area contributed by atoms with E-state index in [2.05, 4.69) is 4.99 Å². The molecule has 27 heavy (non-hydrogen) atoms. The molecule has 0 aromatic carbocycles. The summed E-state index contributed by atoms with van der Waals surface area (Å²) in [5.74, 6) is -0.195. The Morgan fingerprint density at radius 2 is 2.04 bits per heavy atom. The molecule has 5 N–H and O–H groups in total. The van der Waals surface area contributed by atoms with Crippen molar-refractivity contribution < 1.29 is 19.4 Å². The van der Waals surface area contributed by atoms with Gasteiger partial charge in [-0.3, -0.25) is 9.59 Å². The molecule has 0 saturated carbocycles. The van der Waals surface area contributed by atoms with Crippen molar-refractivity contribution >= 4 is 30.2 Å². The van der Waals surface area contributed by atoms with E-state index in [0.29, 0.717) is 38.5 Å². The second-order valence-electron chi connectivity index (χ2n) is 6.28. The van der Waals surface area contributed by atoms with Crippen LogP contribution in [-0.4, -0.2) is 60.1 Å². The lowest BCUT2D eigenvalue weighted by atomic mass is 9.93. The number of hydrazine groups is 1. The predicted molar refractivity (Wildman–Crippen MR) is 102 cm³/mol. The summed E-state index contributed by atoms with van der Waals surface area (Å²) in [6.07, 6.45) is 3.48. The lowest BCUT2D eigenvalue weighted by Gasteiger charge is -2.33. The fourth-order valence-electron chi connectivity index (χ4n) is 2.81. The maximum Gasteiger partial charge on any atom is 0.302 e. The molecule has 1 unspecified atom stereocenters. The third kappa shape index (κ3) is 10.6. The van der Waals surface area contributed by atoms with Crippen LogP contribution >= 0.6 is 12.4 Å². The summed E-state index contributed by atoms with van der Waals surface area (Å²) in [6, 6.07) is -0.618. The highest BCUT2D eigenvalue weighted by atomic mass is 35.5. The third-order valence-electron chi connectivity index (χ3n) is 4.24. The van der Waals surface area contributed by atoms with Gasteiger partial charge in [-0.05, 0) is 38.0 Å². The van der Waals surface area contributed by atoms with Crippen LogP contribution in [0.15, 0.2) is 4.99 Å². The van der Waals surface area contributed by atoms with Gasteiger partial charge in [0.05, 0.1) is 12.6 Å². The van der Waals surface area contributed by atoms with E-state index in [-0.39, 0.29) is 36.8 Å². The lowest BCUT2D eigenvalue weighted by Crippen LogP contribution is -2.47. The number of rotatable bonds is 9. The summed E-state index contributed by atoms with van der Waals surface area (Å²) in [7, 11) is 0. The molecule has 0 aliphatic carbocycles. The van der Waals surface area contributed by atoms with Gasteiger partial charge in [-0.25, -0.2) is 15.1 Å². The Bertz CT molecular complexity index is 525. The molecule has 156 valence electrons. The molecule has 0 aromatic rings. The standard InChI is InChI=1S/C15H28N6O5.ClH/c1-11(22)26-10-6-12-4-8-20(9-5-12)14(23)13(16)3-2-7-18-15(17)19-21(24)25;/h12-13H,2-10,16H2,1H3,(H3,17,18,19);1H. The zero-order valence-electron chi connectivity index (χ0n) is 15.5. The number of nitrogens with two attached hydrogens (primary N) is 2. The van der Waals surface area contributed by atoms with Crippen LogP contribution in [0.1, 0.15) is 39.0 Å². The fourth-order valence-corrected chi connectivity index (χ4v) is 2.81. The first kappa shape index (κ1) is 24.9. The Morgan fingerprint density at radius 1 is 1.41 bits per heavy atom. The summed E-state index contributed by atoms with van der Waals surface area (Å²) in [6.45, 7) is 3.36. The zero-order chi connectivity index (χ0) is 19.5. The van der Waals surface area contributed by atoms with Gasteiger partial charge in [0.25, 0.3) is 5.96 Å². The highest BCUT2D eigenvalue weighted by Crippen LogP contribution is 2.21. The largest absolute Gasteiger partial charge is 0.466 e. The smallest absolute Gasteiger partial charge is 0.302 e. The molecule has 12 heteroatoms. The second-order valence-corrected chi connectivity index (χ2v) is 6.28. The topological polar surface area (TPSA) is 166 Å². The third-order valence-corrected chi connectivity index (χ3v) is 4.24. The lowest BCUT2D eigenvalue weighted by molar-refractivity contribution is -0.525. The van der Waals surface area contributed by atoms with Crippen molar-refractivity contribution in [3.05, 3.63) is 10.1 Å². The van der Waals surface area contributed by atoms with Crippen molar-refractivity contribution in [1.29, 1.82) is 0 Å².